The minimum atomic E-state index is -3.84. The molecule has 0 heterocycles. The van der Waals surface area contributed by atoms with E-state index in [0.717, 1.165) is 65.9 Å². The summed E-state index contributed by atoms with van der Waals surface area (Å²) in [5, 5.41) is 3.07. The van der Waals surface area contributed by atoms with Gasteiger partial charge in [0.25, 0.3) is 0 Å². The predicted octanol–water partition coefficient (Wildman–Crippen LogP) is 3.77. The molecule has 190 valence electrons. The molecule has 1 saturated carbocycles. The molecule has 0 radical (unpaired) electrons. The van der Waals surface area contributed by atoms with Gasteiger partial charge in [0.2, 0.25) is 21.8 Å². The van der Waals surface area contributed by atoms with E-state index in [-0.39, 0.29) is 24.2 Å². The van der Waals surface area contributed by atoms with Gasteiger partial charge in [0, 0.05) is 12.6 Å². The lowest BCUT2D eigenvalue weighted by Gasteiger charge is -2.33. The second kappa shape index (κ2) is 11.7. The van der Waals surface area contributed by atoms with Gasteiger partial charge >= 0.3 is 0 Å². The summed E-state index contributed by atoms with van der Waals surface area (Å²) in [6.45, 7) is 3.25. The van der Waals surface area contributed by atoms with Crippen molar-refractivity contribution in [3.05, 3.63) is 65.5 Å². The fraction of sp³-hybridized carbons (Fsp3) is 0.462. The first-order valence-corrected chi connectivity index (χ1v) is 13.8. The molecule has 1 N–H and O–H groups in total. The molecule has 0 unspecified atom stereocenters. The van der Waals surface area contributed by atoms with Crippen molar-refractivity contribution in [2.24, 2.45) is 0 Å². The summed E-state index contributed by atoms with van der Waals surface area (Å²) in [5.74, 6) is -1.29. The number of anilines is 1. The van der Waals surface area contributed by atoms with Crippen LogP contribution in [0.2, 0.25) is 0 Å². The van der Waals surface area contributed by atoms with E-state index in [4.69, 9.17) is 0 Å². The number of hydrogen-bond donors (Lipinski definition) is 1. The van der Waals surface area contributed by atoms with Crippen LogP contribution in [0.3, 0.4) is 0 Å². The number of hydrogen-bond acceptors (Lipinski definition) is 4. The maximum Gasteiger partial charge on any atom is 0.244 e. The van der Waals surface area contributed by atoms with E-state index in [0.29, 0.717) is 0 Å². The molecule has 3 rings (SSSR count). The summed E-state index contributed by atoms with van der Waals surface area (Å²) in [4.78, 5) is 28.1. The average Bonchev–Trinajstić information content (AvgIpc) is 2.81. The third-order valence-electron chi connectivity index (χ3n) is 6.35. The number of amides is 2. The summed E-state index contributed by atoms with van der Waals surface area (Å²) in [5.41, 5.74) is 2.03. The second-order valence-corrected chi connectivity index (χ2v) is 11.2. The molecule has 1 atom stereocenters. The zero-order valence-corrected chi connectivity index (χ0v) is 21.4. The lowest BCUT2D eigenvalue weighted by Crippen LogP contribution is -2.52. The van der Waals surface area contributed by atoms with Crippen molar-refractivity contribution >= 4 is 27.5 Å². The zero-order valence-electron chi connectivity index (χ0n) is 20.5. The fourth-order valence-corrected chi connectivity index (χ4v) is 5.23. The van der Waals surface area contributed by atoms with Crippen LogP contribution in [0.15, 0.2) is 48.5 Å². The van der Waals surface area contributed by atoms with Gasteiger partial charge < -0.3 is 10.2 Å². The number of sulfonamides is 1. The molecular weight excluding hydrogens is 469 g/mol. The summed E-state index contributed by atoms with van der Waals surface area (Å²) in [7, 11) is -3.84. The van der Waals surface area contributed by atoms with Gasteiger partial charge in [-0.15, -0.1) is 0 Å². The van der Waals surface area contributed by atoms with E-state index in [1.165, 1.54) is 17.0 Å². The number of benzene rings is 2. The van der Waals surface area contributed by atoms with Crippen molar-refractivity contribution in [1.82, 2.24) is 10.2 Å². The Morgan fingerprint density at radius 2 is 1.74 bits per heavy atom. The number of nitrogens with zero attached hydrogens (tertiary/aromatic N) is 2. The molecule has 7 nitrogen and oxygen atoms in total. The molecule has 1 aliphatic carbocycles. The van der Waals surface area contributed by atoms with Gasteiger partial charge in [-0.3, -0.25) is 13.9 Å². The van der Waals surface area contributed by atoms with E-state index in [1.54, 1.807) is 6.92 Å². The minimum Gasteiger partial charge on any atom is -0.352 e. The van der Waals surface area contributed by atoms with Crippen LogP contribution in [0.5, 0.6) is 0 Å². The van der Waals surface area contributed by atoms with Crippen LogP contribution in [-0.2, 0) is 26.2 Å². The van der Waals surface area contributed by atoms with Gasteiger partial charge in [-0.2, -0.15) is 0 Å². The number of carbonyl (C=O) groups is 2. The smallest absolute Gasteiger partial charge is 0.244 e. The lowest BCUT2D eigenvalue weighted by molar-refractivity contribution is -0.139. The second-order valence-electron chi connectivity index (χ2n) is 9.28. The van der Waals surface area contributed by atoms with Crippen molar-refractivity contribution in [1.29, 1.82) is 0 Å². The molecule has 0 bridgehead atoms. The molecule has 2 aromatic rings. The van der Waals surface area contributed by atoms with Gasteiger partial charge in [0.15, 0.2) is 0 Å². The first-order chi connectivity index (χ1) is 16.5. The Kier molecular flexibility index (Phi) is 8.88. The molecule has 0 aliphatic heterocycles. The molecule has 1 aliphatic rings. The van der Waals surface area contributed by atoms with Gasteiger partial charge in [0.05, 0.1) is 11.9 Å². The molecule has 0 aromatic heterocycles. The van der Waals surface area contributed by atoms with Crippen LogP contribution in [0, 0.1) is 12.7 Å². The topological polar surface area (TPSA) is 86.8 Å². The van der Waals surface area contributed by atoms with Gasteiger partial charge in [-0.05, 0) is 56.5 Å². The highest BCUT2D eigenvalue weighted by Gasteiger charge is 2.31. The molecule has 9 heteroatoms. The normalized spacial score (nSPS) is 15.3. The summed E-state index contributed by atoms with van der Waals surface area (Å²) in [6, 6.07) is 11.8. The Labute approximate surface area is 207 Å². The quantitative estimate of drug-likeness (QED) is 0.565. The Hall–Kier alpha value is -2.94. The third kappa shape index (κ3) is 7.52. The van der Waals surface area contributed by atoms with Crippen LogP contribution >= 0.6 is 0 Å². The first-order valence-electron chi connectivity index (χ1n) is 11.9. The maximum atomic E-state index is 13.5. The van der Waals surface area contributed by atoms with E-state index in [2.05, 4.69) is 5.32 Å². The SMILES string of the molecule is Cc1cccc(CN(C(=O)CN(c2ccc(F)cc2)S(C)(=O)=O)[C@@H](C)C(=O)NC2CCCCC2)c1. The lowest BCUT2D eigenvalue weighted by atomic mass is 9.95. The Morgan fingerprint density at radius 3 is 2.34 bits per heavy atom. The van der Waals surface area contributed by atoms with Crippen LogP contribution in [0.1, 0.15) is 50.2 Å². The number of carbonyl (C=O) groups excluding carboxylic acids is 2. The molecule has 2 aromatic carbocycles. The Balaban J connectivity index is 1.86. The Morgan fingerprint density at radius 1 is 1.09 bits per heavy atom. The van der Waals surface area contributed by atoms with Crippen LogP contribution in [0.4, 0.5) is 10.1 Å². The molecule has 2 amide bonds. The fourth-order valence-electron chi connectivity index (χ4n) is 4.38. The predicted molar refractivity (Wildman–Crippen MR) is 135 cm³/mol. The largest absolute Gasteiger partial charge is 0.352 e. The summed E-state index contributed by atoms with van der Waals surface area (Å²) >= 11 is 0. The molecule has 0 spiro atoms. The molecule has 0 saturated heterocycles. The first kappa shape index (κ1) is 26.7. The van der Waals surface area contributed by atoms with Crippen molar-refractivity contribution in [3.63, 3.8) is 0 Å². The number of rotatable bonds is 9. The monoisotopic (exact) mass is 503 g/mol. The Bertz CT molecular complexity index is 1130. The van der Waals surface area contributed by atoms with Gasteiger partial charge in [0.1, 0.15) is 18.4 Å². The van der Waals surface area contributed by atoms with Crippen LogP contribution in [0.25, 0.3) is 0 Å². The third-order valence-corrected chi connectivity index (χ3v) is 7.49. The molecule has 1 fully saturated rings. The van der Waals surface area contributed by atoms with Crippen molar-refractivity contribution in [3.8, 4) is 0 Å². The van der Waals surface area contributed by atoms with Crippen molar-refractivity contribution in [2.45, 2.75) is 64.6 Å². The van der Waals surface area contributed by atoms with E-state index in [1.807, 2.05) is 31.2 Å². The average molecular weight is 504 g/mol. The zero-order chi connectivity index (χ0) is 25.6. The summed E-state index contributed by atoms with van der Waals surface area (Å²) in [6.07, 6.45) is 6.10. The minimum absolute atomic E-state index is 0.0846. The highest BCUT2D eigenvalue weighted by Crippen LogP contribution is 2.21. The van der Waals surface area contributed by atoms with Crippen molar-refractivity contribution < 1.29 is 22.4 Å². The van der Waals surface area contributed by atoms with Gasteiger partial charge in [-0.1, -0.05) is 49.1 Å². The highest BCUT2D eigenvalue weighted by molar-refractivity contribution is 7.92. The van der Waals surface area contributed by atoms with E-state index in [9.17, 15) is 22.4 Å². The summed E-state index contributed by atoms with van der Waals surface area (Å²) < 4.78 is 39.4. The number of aryl methyl sites for hydroxylation is 1. The standard InChI is InChI=1S/C26H34FN3O4S/c1-19-8-7-9-21(16-19)17-29(20(2)26(32)28-23-10-5-4-6-11-23)25(31)18-30(35(3,33)34)24-14-12-22(27)13-15-24/h7-9,12-16,20,23H,4-6,10-11,17-18H2,1-3H3,(H,28,32)/t20-/m0/s1. The van der Waals surface area contributed by atoms with E-state index >= 15 is 0 Å². The molecule has 35 heavy (non-hydrogen) atoms. The van der Waals surface area contributed by atoms with Crippen molar-refractivity contribution in [2.75, 3.05) is 17.1 Å². The number of nitrogens with one attached hydrogen (secondary N) is 1. The number of halogens is 1. The van der Waals surface area contributed by atoms with Crippen LogP contribution < -0.4 is 9.62 Å². The van der Waals surface area contributed by atoms with Crippen LogP contribution in [-0.4, -0.2) is 50.0 Å². The van der Waals surface area contributed by atoms with E-state index < -0.39 is 34.3 Å². The highest BCUT2D eigenvalue weighted by atomic mass is 32.2. The molecular formula is C26H34FN3O4S. The van der Waals surface area contributed by atoms with Gasteiger partial charge in [-0.25, -0.2) is 12.8 Å². The maximum absolute atomic E-state index is 13.5.